The van der Waals surface area contributed by atoms with Crippen LogP contribution in [0.3, 0.4) is 0 Å². The summed E-state index contributed by atoms with van der Waals surface area (Å²) >= 11 is 0. The van der Waals surface area contributed by atoms with Crippen molar-refractivity contribution in [2.45, 2.75) is 32.2 Å². The molecule has 1 aromatic carbocycles. The van der Waals surface area contributed by atoms with E-state index in [1.54, 1.807) is 0 Å². The van der Waals surface area contributed by atoms with Crippen molar-refractivity contribution in [3.63, 3.8) is 0 Å². The van der Waals surface area contributed by atoms with Crippen molar-refractivity contribution in [1.82, 2.24) is 0 Å². The van der Waals surface area contributed by atoms with E-state index in [0.717, 1.165) is 5.56 Å². The molecule has 0 radical (unpaired) electrons. The first-order chi connectivity index (χ1) is 6.47. The third kappa shape index (κ3) is 2.34. The lowest BCUT2D eigenvalue weighted by Gasteiger charge is -2.22. The van der Waals surface area contributed by atoms with E-state index in [2.05, 4.69) is 26.0 Å². The van der Waals surface area contributed by atoms with Crippen LogP contribution in [0.4, 0.5) is 0 Å². The Labute approximate surface area is 85.8 Å². The SMILES string of the molecule is CC(C)c1ccc([C@@](C)(N)CO)cc1. The molecular weight excluding hydrogens is 174 g/mol. The highest BCUT2D eigenvalue weighted by Gasteiger charge is 2.19. The molecule has 0 spiro atoms. The number of hydrogen-bond acceptors (Lipinski definition) is 2. The smallest absolute Gasteiger partial charge is 0.0650 e. The summed E-state index contributed by atoms with van der Waals surface area (Å²) in [6, 6.07) is 8.12. The van der Waals surface area contributed by atoms with E-state index in [1.807, 2.05) is 19.1 Å². The molecule has 14 heavy (non-hydrogen) atoms. The summed E-state index contributed by atoms with van der Waals surface area (Å²) in [7, 11) is 0. The maximum atomic E-state index is 9.10. The van der Waals surface area contributed by atoms with Crippen molar-refractivity contribution in [3.05, 3.63) is 35.4 Å². The predicted molar refractivity (Wildman–Crippen MR) is 59.2 cm³/mol. The zero-order valence-electron chi connectivity index (χ0n) is 9.12. The van der Waals surface area contributed by atoms with E-state index in [9.17, 15) is 0 Å². The molecule has 78 valence electrons. The maximum Gasteiger partial charge on any atom is 0.0650 e. The fourth-order valence-electron chi connectivity index (χ4n) is 1.34. The molecule has 0 unspecified atom stereocenters. The standard InChI is InChI=1S/C12H19NO/c1-9(2)10-4-6-11(7-5-10)12(3,13)8-14/h4-7,9,14H,8,13H2,1-3H3/t12-/m0/s1. The summed E-state index contributed by atoms with van der Waals surface area (Å²) in [6.07, 6.45) is 0. The Kier molecular flexibility index (Phi) is 3.29. The van der Waals surface area contributed by atoms with Crippen molar-refractivity contribution in [3.8, 4) is 0 Å². The lowest BCUT2D eigenvalue weighted by atomic mass is 9.92. The van der Waals surface area contributed by atoms with Crippen LogP contribution in [0.25, 0.3) is 0 Å². The maximum absolute atomic E-state index is 9.10. The lowest BCUT2D eigenvalue weighted by Crippen LogP contribution is -2.36. The van der Waals surface area contributed by atoms with Crippen LogP contribution in [0, 0.1) is 0 Å². The monoisotopic (exact) mass is 193 g/mol. The van der Waals surface area contributed by atoms with Gasteiger partial charge < -0.3 is 10.8 Å². The van der Waals surface area contributed by atoms with Gasteiger partial charge in [0.05, 0.1) is 12.1 Å². The van der Waals surface area contributed by atoms with Gasteiger partial charge in [-0.2, -0.15) is 0 Å². The molecule has 0 bridgehead atoms. The van der Waals surface area contributed by atoms with E-state index in [-0.39, 0.29) is 6.61 Å². The molecule has 0 amide bonds. The topological polar surface area (TPSA) is 46.2 Å². The van der Waals surface area contributed by atoms with E-state index < -0.39 is 5.54 Å². The summed E-state index contributed by atoms with van der Waals surface area (Å²) in [4.78, 5) is 0. The number of benzene rings is 1. The molecule has 0 saturated carbocycles. The Morgan fingerprint density at radius 2 is 1.79 bits per heavy atom. The average molecular weight is 193 g/mol. The van der Waals surface area contributed by atoms with Gasteiger partial charge in [-0.3, -0.25) is 0 Å². The number of aliphatic hydroxyl groups excluding tert-OH is 1. The number of aliphatic hydroxyl groups is 1. The highest BCUT2D eigenvalue weighted by molar-refractivity contribution is 5.29. The summed E-state index contributed by atoms with van der Waals surface area (Å²) in [5.41, 5.74) is 7.55. The summed E-state index contributed by atoms with van der Waals surface area (Å²) < 4.78 is 0. The van der Waals surface area contributed by atoms with Crippen LogP contribution in [0.1, 0.15) is 37.8 Å². The molecule has 0 aliphatic carbocycles. The van der Waals surface area contributed by atoms with Crippen LogP contribution < -0.4 is 5.73 Å². The van der Waals surface area contributed by atoms with Crippen molar-refractivity contribution in [1.29, 1.82) is 0 Å². The molecule has 0 aliphatic heterocycles. The molecule has 0 saturated heterocycles. The molecule has 0 aromatic heterocycles. The number of nitrogens with two attached hydrogens (primary N) is 1. The summed E-state index contributed by atoms with van der Waals surface area (Å²) in [5.74, 6) is 0.530. The van der Waals surface area contributed by atoms with Crippen LogP contribution in [0.2, 0.25) is 0 Å². The number of rotatable bonds is 3. The second kappa shape index (κ2) is 4.11. The molecule has 3 N–H and O–H groups in total. The van der Waals surface area contributed by atoms with Crippen molar-refractivity contribution in [2.75, 3.05) is 6.61 Å². The van der Waals surface area contributed by atoms with Gasteiger partial charge in [0.1, 0.15) is 0 Å². The predicted octanol–water partition coefficient (Wildman–Crippen LogP) is 1.98. The van der Waals surface area contributed by atoms with Gasteiger partial charge in [0.2, 0.25) is 0 Å². The lowest BCUT2D eigenvalue weighted by molar-refractivity contribution is 0.210. The van der Waals surface area contributed by atoms with E-state index >= 15 is 0 Å². The highest BCUT2D eigenvalue weighted by Crippen LogP contribution is 2.20. The fourth-order valence-corrected chi connectivity index (χ4v) is 1.34. The largest absolute Gasteiger partial charge is 0.394 e. The first kappa shape index (κ1) is 11.2. The van der Waals surface area contributed by atoms with Gasteiger partial charge in [-0.1, -0.05) is 38.1 Å². The van der Waals surface area contributed by atoms with E-state index in [1.165, 1.54) is 5.56 Å². The summed E-state index contributed by atoms with van der Waals surface area (Å²) in [6.45, 7) is 6.11. The molecule has 2 heteroatoms. The van der Waals surface area contributed by atoms with Gasteiger partial charge in [-0.25, -0.2) is 0 Å². The Morgan fingerprint density at radius 1 is 1.29 bits per heavy atom. The second-order valence-corrected chi connectivity index (χ2v) is 4.35. The summed E-state index contributed by atoms with van der Waals surface area (Å²) in [5, 5.41) is 9.10. The molecule has 0 fully saturated rings. The second-order valence-electron chi connectivity index (χ2n) is 4.35. The third-order valence-electron chi connectivity index (χ3n) is 2.57. The Bertz CT molecular complexity index is 288. The minimum atomic E-state index is -0.629. The van der Waals surface area contributed by atoms with Crippen molar-refractivity contribution >= 4 is 0 Å². The van der Waals surface area contributed by atoms with E-state index in [4.69, 9.17) is 10.8 Å². The third-order valence-corrected chi connectivity index (χ3v) is 2.57. The molecule has 0 heterocycles. The van der Waals surface area contributed by atoms with Gasteiger partial charge in [-0.05, 0) is 24.0 Å². The minimum absolute atomic E-state index is 0.0337. The van der Waals surface area contributed by atoms with Crippen LogP contribution >= 0.6 is 0 Å². The first-order valence-electron chi connectivity index (χ1n) is 4.97. The quantitative estimate of drug-likeness (QED) is 0.771. The van der Waals surface area contributed by atoms with Crippen molar-refractivity contribution in [2.24, 2.45) is 5.73 Å². The molecule has 1 rings (SSSR count). The van der Waals surface area contributed by atoms with Gasteiger partial charge in [-0.15, -0.1) is 0 Å². The highest BCUT2D eigenvalue weighted by atomic mass is 16.3. The van der Waals surface area contributed by atoms with Gasteiger partial charge >= 0.3 is 0 Å². The Morgan fingerprint density at radius 3 is 2.14 bits per heavy atom. The van der Waals surface area contributed by atoms with Crippen LogP contribution in [-0.2, 0) is 5.54 Å². The Balaban J connectivity index is 2.94. The van der Waals surface area contributed by atoms with Gasteiger partial charge in [0.25, 0.3) is 0 Å². The molecule has 2 nitrogen and oxygen atoms in total. The fraction of sp³-hybridized carbons (Fsp3) is 0.500. The zero-order valence-corrected chi connectivity index (χ0v) is 9.12. The molecule has 1 atom stereocenters. The number of hydrogen-bond donors (Lipinski definition) is 2. The van der Waals surface area contributed by atoms with Gasteiger partial charge in [0, 0.05) is 0 Å². The molecular formula is C12H19NO. The molecule has 1 aromatic rings. The van der Waals surface area contributed by atoms with Crippen LogP contribution in [0.15, 0.2) is 24.3 Å². The zero-order chi connectivity index (χ0) is 10.8. The Hall–Kier alpha value is -0.860. The first-order valence-corrected chi connectivity index (χ1v) is 4.97. The molecule has 0 aliphatic rings. The van der Waals surface area contributed by atoms with Gasteiger partial charge in [0.15, 0.2) is 0 Å². The average Bonchev–Trinajstić information content (AvgIpc) is 2.18. The van der Waals surface area contributed by atoms with Crippen LogP contribution in [-0.4, -0.2) is 11.7 Å². The van der Waals surface area contributed by atoms with E-state index in [0.29, 0.717) is 5.92 Å². The van der Waals surface area contributed by atoms with Crippen molar-refractivity contribution < 1.29 is 5.11 Å². The van der Waals surface area contributed by atoms with Crippen LogP contribution in [0.5, 0.6) is 0 Å². The minimum Gasteiger partial charge on any atom is -0.394 e. The normalized spacial score (nSPS) is 15.6.